The lowest BCUT2D eigenvalue weighted by Gasteiger charge is -2.04. The van der Waals surface area contributed by atoms with Crippen LogP contribution in [0.3, 0.4) is 0 Å². The van der Waals surface area contributed by atoms with E-state index in [1.807, 2.05) is 0 Å². The molecule has 2 rings (SSSR count). The topological polar surface area (TPSA) is 73.9 Å². The first-order valence-electron chi connectivity index (χ1n) is 3.74. The second-order valence-electron chi connectivity index (χ2n) is 2.65. The van der Waals surface area contributed by atoms with Gasteiger partial charge >= 0.3 is 0 Å². The standard InChI is InChI=1S/C8H9NO4/c9-13-3-5-1-6(10)2-7-8(5)12-4-11-7/h1-2,10H,3-4,9H2. The molecule has 13 heavy (non-hydrogen) atoms. The Hall–Kier alpha value is -1.46. The fourth-order valence-electron chi connectivity index (χ4n) is 1.26. The highest BCUT2D eigenvalue weighted by atomic mass is 16.7. The molecule has 0 saturated heterocycles. The SMILES string of the molecule is NOCc1cc(O)cc2c1OCO2. The third kappa shape index (κ3) is 1.39. The Morgan fingerprint density at radius 2 is 2.31 bits per heavy atom. The van der Waals surface area contributed by atoms with Crippen LogP contribution in [-0.2, 0) is 11.4 Å². The van der Waals surface area contributed by atoms with Crippen LogP contribution in [-0.4, -0.2) is 11.9 Å². The number of phenolic OH excluding ortho intramolecular Hbond substituents is 1. The van der Waals surface area contributed by atoms with Crippen molar-refractivity contribution in [2.75, 3.05) is 6.79 Å². The largest absolute Gasteiger partial charge is 0.508 e. The zero-order valence-electron chi connectivity index (χ0n) is 6.82. The van der Waals surface area contributed by atoms with E-state index >= 15 is 0 Å². The van der Waals surface area contributed by atoms with E-state index in [2.05, 4.69) is 4.84 Å². The molecule has 0 saturated carbocycles. The quantitative estimate of drug-likeness (QED) is 0.653. The molecule has 0 aromatic heterocycles. The molecule has 1 aliphatic rings. The van der Waals surface area contributed by atoms with E-state index in [-0.39, 0.29) is 19.1 Å². The predicted octanol–water partition coefficient (Wildman–Crippen LogP) is 0.511. The monoisotopic (exact) mass is 183 g/mol. The molecule has 1 heterocycles. The molecule has 5 heteroatoms. The molecule has 0 bridgehead atoms. The van der Waals surface area contributed by atoms with Crippen molar-refractivity contribution in [2.45, 2.75) is 6.61 Å². The molecule has 0 spiro atoms. The van der Waals surface area contributed by atoms with Gasteiger partial charge in [-0.25, -0.2) is 5.90 Å². The van der Waals surface area contributed by atoms with Gasteiger partial charge in [-0.05, 0) is 6.07 Å². The van der Waals surface area contributed by atoms with E-state index in [1.165, 1.54) is 12.1 Å². The minimum absolute atomic E-state index is 0.108. The summed E-state index contributed by atoms with van der Waals surface area (Å²) in [6, 6.07) is 3.02. The lowest BCUT2D eigenvalue weighted by molar-refractivity contribution is 0.120. The molecule has 5 nitrogen and oxygen atoms in total. The summed E-state index contributed by atoms with van der Waals surface area (Å²) < 4.78 is 10.3. The molecule has 0 radical (unpaired) electrons. The zero-order valence-corrected chi connectivity index (χ0v) is 6.82. The third-order valence-corrected chi connectivity index (χ3v) is 1.77. The average Bonchev–Trinajstić information content (AvgIpc) is 2.52. The first-order valence-corrected chi connectivity index (χ1v) is 3.74. The van der Waals surface area contributed by atoms with Crippen LogP contribution in [0.5, 0.6) is 17.2 Å². The molecule has 1 aliphatic heterocycles. The Labute approximate surface area is 74.6 Å². The molecular formula is C8H9NO4. The molecule has 0 unspecified atom stereocenters. The highest BCUT2D eigenvalue weighted by Crippen LogP contribution is 2.38. The Balaban J connectivity index is 2.43. The van der Waals surface area contributed by atoms with Gasteiger partial charge in [-0.1, -0.05) is 0 Å². The number of rotatable bonds is 2. The Kier molecular flexibility index (Phi) is 1.96. The normalized spacial score (nSPS) is 13.3. The van der Waals surface area contributed by atoms with E-state index in [9.17, 15) is 5.11 Å². The van der Waals surface area contributed by atoms with E-state index in [0.717, 1.165) is 0 Å². The van der Waals surface area contributed by atoms with E-state index < -0.39 is 0 Å². The van der Waals surface area contributed by atoms with Crippen molar-refractivity contribution in [1.29, 1.82) is 0 Å². The first-order chi connectivity index (χ1) is 6.31. The van der Waals surface area contributed by atoms with Gasteiger partial charge in [0.05, 0.1) is 6.61 Å². The smallest absolute Gasteiger partial charge is 0.231 e. The molecule has 1 aromatic rings. The number of benzene rings is 1. The van der Waals surface area contributed by atoms with E-state index in [0.29, 0.717) is 17.1 Å². The van der Waals surface area contributed by atoms with Gasteiger partial charge in [0.2, 0.25) is 6.79 Å². The molecule has 70 valence electrons. The van der Waals surface area contributed by atoms with Crippen LogP contribution in [0.1, 0.15) is 5.56 Å². The van der Waals surface area contributed by atoms with Crippen molar-refractivity contribution < 1.29 is 19.4 Å². The highest BCUT2D eigenvalue weighted by molar-refractivity contribution is 5.52. The van der Waals surface area contributed by atoms with Crippen molar-refractivity contribution in [3.63, 3.8) is 0 Å². The van der Waals surface area contributed by atoms with Crippen LogP contribution in [0.25, 0.3) is 0 Å². The lowest BCUT2D eigenvalue weighted by Crippen LogP contribution is -2.00. The van der Waals surface area contributed by atoms with E-state index in [4.69, 9.17) is 15.4 Å². The van der Waals surface area contributed by atoms with Crippen LogP contribution in [0.2, 0.25) is 0 Å². The molecule has 0 aliphatic carbocycles. The average molecular weight is 183 g/mol. The summed E-state index contributed by atoms with van der Waals surface area (Å²) in [7, 11) is 0. The highest BCUT2D eigenvalue weighted by Gasteiger charge is 2.18. The van der Waals surface area contributed by atoms with Crippen LogP contribution < -0.4 is 15.4 Å². The third-order valence-electron chi connectivity index (χ3n) is 1.77. The lowest BCUT2D eigenvalue weighted by atomic mass is 10.2. The maximum atomic E-state index is 9.27. The summed E-state index contributed by atoms with van der Waals surface area (Å²) >= 11 is 0. The van der Waals surface area contributed by atoms with Gasteiger partial charge in [0.1, 0.15) is 5.75 Å². The van der Waals surface area contributed by atoms with Crippen molar-refractivity contribution in [3.8, 4) is 17.2 Å². The predicted molar refractivity (Wildman–Crippen MR) is 43.2 cm³/mol. The minimum atomic E-state index is 0.108. The molecule has 0 fully saturated rings. The fraction of sp³-hybridized carbons (Fsp3) is 0.250. The van der Waals surface area contributed by atoms with Crippen molar-refractivity contribution in [2.24, 2.45) is 5.90 Å². The zero-order chi connectivity index (χ0) is 9.26. The van der Waals surface area contributed by atoms with Crippen LogP contribution in [0.4, 0.5) is 0 Å². The first kappa shape index (κ1) is 8.15. The number of nitrogens with two attached hydrogens (primary N) is 1. The van der Waals surface area contributed by atoms with Crippen molar-refractivity contribution >= 4 is 0 Å². The fourth-order valence-corrected chi connectivity index (χ4v) is 1.26. The van der Waals surface area contributed by atoms with Gasteiger partial charge < -0.3 is 14.6 Å². The Morgan fingerprint density at radius 3 is 3.08 bits per heavy atom. The number of fused-ring (bicyclic) bond motifs is 1. The summed E-state index contributed by atoms with van der Waals surface area (Å²) in [5.74, 6) is 6.14. The van der Waals surface area contributed by atoms with Gasteiger partial charge in [0.25, 0.3) is 0 Å². The number of phenols is 1. The molecule has 0 atom stereocenters. The molecular weight excluding hydrogens is 174 g/mol. The molecule has 3 N–H and O–H groups in total. The summed E-state index contributed by atoms with van der Waals surface area (Å²) in [5.41, 5.74) is 0.676. The Morgan fingerprint density at radius 1 is 1.46 bits per heavy atom. The van der Waals surface area contributed by atoms with Crippen LogP contribution >= 0.6 is 0 Å². The maximum absolute atomic E-state index is 9.27. The molecule has 0 amide bonds. The van der Waals surface area contributed by atoms with Gasteiger partial charge in [-0.2, -0.15) is 0 Å². The second-order valence-corrected chi connectivity index (χ2v) is 2.65. The van der Waals surface area contributed by atoms with Crippen LogP contribution in [0.15, 0.2) is 12.1 Å². The summed E-state index contributed by atoms with van der Waals surface area (Å²) in [6.07, 6.45) is 0. The van der Waals surface area contributed by atoms with Gasteiger partial charge in [0, 0.05) is 11.6 Å². The maximum Gasteiger partial charge on any atom is 0.231 e. The Bertz CT molecular complexity index is 326. The van der Waals surface area contributed by atoms with Gasteiger partial charge in [0.15, 0.2) is 11.5 Å². The van der Waals surface area contributed by atoms with Crippen LogP contribution in [0, 0.1) is 0 Å². The number of hydrogen-bond donors (Lipinski definition) is 2. The summed E-state index contributed by atoms with van der Waals surface area (Å²) in [6.45, 7) is 0.344. The number of hydrogen-bond acceptors (Lipinski definition) is 5. The van der Waals surface area contributed by atoms with Crippen molar-refractivity contribution in [3.05, 3.63) is 17.7 Å². The number of ether oxygens (including phenoxy) is 2. The van der Waals surface area contributed by atoms with Gasteiger partial charge in [-0.15, -0.1) is 0 Å². The minimum Gasteiger partial charge on any atom is -0.508 e. The summed E-state index contributed by atoms with van der Waals surface area (Å²) in [5, 5.41) is 9.27. The number of aromatic hydroxyl groups is 1. The van der Waals surface area contributed by atoms with Crippen molar-refractivity contribution in [1.82, 2.24) is 0 Å². The van der Waals surface area contributed by atoms with Gasteiger partial charge in [-0.3, -0.25) is 4.84 Å². The second kappa shape index (κ2) is 3.12. The summed E-state index contributed by atoms with van der Waals surface area (Å²) in [4.78, 5) is 4.46. The van der Waals surface area contributed by atoms with E-state index in [1.54, 1.807) is 0 Å². The molecule has 1 aromatic carbocycles.